The molecule has 1 amide bonds. The first-order valence-corrected chi connectivity index (χ1v) is 7.40. The van der Waals surface area contributed by atoms with Crippen LogP contribution in [0.5, 0.6) is 0 Å². The van der Waals surface area contributed by atoms with Crippen molar-refractivity contribution < 1.29 is 23.1 Å². The lowest BCUT2D eigenvalue weighted by Crippen LogP contribution is -2.37. The molecule has 0 saturated heterocycles. The van der Waals surface area contributed by atoms with Crippen LogP contribution in [0.3, 0.4) is 0 Å². The lowest BCUT2D eigenvalue weighted by Gasteiger charge is -2.29. The molecule has 0 radical (unpaired) electrons. The largest absolute Gasteiger partial charge is 0.459 e. The van der Waals surface area contributed by atoms with Gasteiger partial charge in [-0.05, 0) is 45.4 Å². The zero-order valence-electron chi connectivity index (χ0n) is 12.8. The number of halogens is 2. The third kappa shape index (κ3) is 4.14. The van der Waals surface area contributed by atoms with Gasteiger partial charge in [-0.25, -0.2) is 8.78 Å². The molecule has 1 N–H and O–H groups in total. The van der Waals surface area contributed by atoms with Crippen molar-refractivity contribution in [3.8, 4) is 0 Å². The number of hydrogen-bond donors (Lipinski definition) is 1. The van der Waals surface area contributed by atoms with Gasteiger partial charge in [0.25, 0.3) is 0 Å². The Labute approximate surface area is 123 Å². The Hall–Kier alpha value is -1.20. The molecule has 0 aliphatic heterocycles. The molecule has 2 rings (SSSR count). The van der Waals surface area contributed by atoms with E-state index in [4.69, 9.17) is 4.74 Å². The molecule has 2 fully saturated rings. The van der Waals surface area contributed by atoms with Crippen molar-refractivity contribution in [3.05, 3.63) is 0 Å². The number of alkyl halides is 2. The van der Waals surface area contributed by atoms with Crippen molar-refractivity contribution in [2.75, 3.05) is 6.54 Å². The standard InChI is InChI=1S/C15H23F2NO3/c1-13(2,3)21-11(19)9-18-12(20)10-8-14(10)4-6-15(16,17)7-5-14/h10H,4-9H2,1-3H3,(H,18,20). The quantitative estimate of drug-likeness (QED) is 0.816. The molecular formula is C15H23F2NO3. The second-order valence-corrected chi connectivity index (χ2v) is 7.28. The monoisotopic (exact) mass is 303 g/mol. The highest BCUT2D eigenvalue weighted by molar-refractivity contribution is 5.86. The number of carbonyl (C=O) groups is 2. The van der Waals surface area contributed by atoms with E-state index < -0.39 is 17.5 Å². The molecule has 0 aromatic rings. The molecule has 120 valence electrons. The number of hydrogen-bond acceptors (Lipinski definition) is 3. The number of nitrogens with one attached hydrogen (secondary N) is 1. The Morgan fingerprint density at radius 3 is 2.29 bits per heavy atom. The van der Waals surface area contributed by atoms with Gasteiger partial charge in [0.1, 0.15) is 12.1 Å². The molecule has 21 heavy (non-hydrogen) atoms. The Bertz CT molecular complexity index is 433. The first-order chi connectivity index (χ1) is 9.53. The summed E-state index contributed by atoms with van der Waals surface area (Å²) in [5.74, 6) is -3.51. The first-order valence-electron chi connectivity index (χ1n) is 7.40. The summed E-state index contributed by atoms with van der Waals surface area (Å²) in [6, 6.07) is 0. The van der Waals surface area contributed by atoms with Gasteiger partial charge in [-0.3, -0.25) is 9.59 Å². The molecule has 4 nitrogen and oxygen atoms in total. The van der Waals surface area contributed by atoms with E-state index in [9.17, 15) is 18.4 Å². The lowest BCUT2D eigenvalue weighted by molar-refractivity contribution is -0.154. The second kappa shape index (κ2) is 5.21. The topological polar surface area (TPSA) is 55.4 Å². The molecule has 6 heteroatoms. The van der Waals surface area contributed by atoms with Crippen molar-refractivity contribution >= 4 is 11.9 Å². The second-order valence-electron chi connectivity index (χ2n) is 7.28. The third-order valence-corrected chi connectivity index (χ3v) is 4.31. The van der Waals surface area contributed by atoms with Gasteiger partial charge >= 0.3 is 5.97 Å². The van der Waals surface area contributed by atoms with Crippen molar-refractivity contribution in [1.82, 2.24) is 5.32 Å². The fourth-order valence-corrected chi connectivity index (χ4v) is 3.04. The summed E-state index contributed by atoms with van der Waals surface area (Å²) in [6.45, 7) is 5.10. The van der Waals surface area contributed by atoms with Crippen LogP contribution in [0.4, 0.5) is 8.78 Å². The summed E-state index contributed by atoms with van der Waals surface area (Å²) >= 11 is 0. The molecule has 2 aliphatic carbocycles. The Kier molecular flexibility index (Phi) is 4.02. The van der Waals surface area contributed by atoms with Gasteiger partial charge in [-0.2, -0.15) is 0 Å². The highest BCUT2D eigenvalue weighted by Gasteiger charge is 2.60. The fourth-order valence-electron chi connectivity index (χ4n) is 3.04. The van der Waals surface area contributed by atoms with E-state index in [1.165, 1.54) is 0 Å². The number of rotatable bonds is 3. The van der Waals surface area contributed by atoms with E-state index >= 15 is 0 Å². The Balaban J connectivity index is 1.75. The molecule has 0 aromatic heterocycles. The van der Waals surface area contributed by atoms with E-state index in [1.807, 2.05) is 0 Å². The normalized spacial score (nSPS) is 26.2. The predicted octanol–water partition coefficient (Wildman–Crippen LogP) is 2.66. The number of ether oxygens (including phenoxy) is 1. The molecule has 1 spiro atoms. The Morgan fingerprint density at radius 1 is 1.19 bits per heavy atom. The van der Waals surface area contributed by atoms with Gasteiger partial charge in [0.2, 0.25) is 11.8 Å². The maximum atomic E-state index is 13.2. The van der Waals surface area contributed by atoms with Crippen molar-refractivity contribution in [2.24, 2.45) is 11.3 Å². The molecule has 0 aromatic carbocycles. The van der Waals surface area contributed by atoms with E-state index in [1.54, 1.807) is 20.8 Å². The maximum Gasteiger partial charge on any atom is 0.325 e. The van der Waals surface area contributed by atoms with Gasteiger partial charge in [0.15, 0.2) is 0 Å². The molecule has 2 saturated carbocycles. The van der Waals surface area contributed by atoms with Crippen molar-refractivity contribution in [2.45, 2.75) is 64.4 Å². The minimum absolute atomic E-state index is 0.136. The van der Waals surface area contributed by atoms with Crippen molar-refractivity contribution in [3.63, 3.8) is 0 Å². The van der Waals surface area contributed by atoms with Gasteiger partial charge in [0.05, 0.1) is 0 Å². The average molecular weight is 303 g/mol. The van der Waals surface area contributed by atoms with Crippen molar-refractivity contribution in [1.29, 1.82) is 0 Å². The predicted molar refractivity (Wildman–Crippen MR) is 72.8 cm³/mol. The van der Waals surface area contributed by atoms with Crippen LogP contribution in [0.25, 0.3) is 0 Å². The van der Waals surface area contributed by atoms with Crippen LogP contribution in [0.15, 0.2) is 0 Å². The smallest absolute Gasteiger partial charge is 0.325 e. The first kappa shape index (κ1) is 16.2. The van der Waals surface area contributed by atoms with Crippen LogP contribution >= 0.6 is 0 Å². The van der Waals surface area contributed by atoms with E-state index in [-0.39, 0.29) is 36.6 Å². The lowest BCUT2D eigenvalue weighted by atomic mass is 9.82. The van der Waals surface area contributed by atoms with Crippen LogP contribution in [0.2, 0.25) is 0 Å². The average Bonchev–Trinajstić information content (AvgIpc) is 3.04. The fraction of sp³-hybridized carbons (Fsp3) is 0.867. The van der Waals surface area contributed by atoms with Crippen LogP contribution in [0.1, 0.15) is 52.9 Å². The molecule has 0 bridgehead atoms. The molecular weight excluding hydrogens is 280 g/mol. The van der Waals surface area contributed by atoms with Crippen LogP contribution in [0, 0.1) is 11.3 Å². The third-order valence-electron chi connectivity index (χ3n) is 4.31. The van der Waals surface area contributed by atoms with E-state index in [2.05, 4.69) is 5.32 Å². The summed E-state index contributed by atoms with van der Waals surface area (Å²) < 4.78 is 31.4. The number of carbonyl (C=O) groups excluding carboxylic acids is 2. The van der Waals surface area contributed by atoms with Gasteiger partial charge in [-0.1, -0.05) is 0 Å². The highest BCUT2D eigenvalue weighted by Crippen LogP contribution is 2.63. The summed E-state index contributed by atoms with van der Waals surface area (Å²) in [7, 11) is 0. The maximum absolute atomic E-state index is 13.2. The zero-order chi connectivity index (χ0) is 15.9. The van der Waals surface area contributed by atoms with Crippen LogP contribution in [-0.2, 0) is 14.3 Å². The number of amides is 1. The van der Waals surface area contributed by atoms with Crippen LogP contribution < -0.4 is 5.32 Å². The summed E-state index contributed by atoms with van der Waals surface area (Å²) in [5.41, 5.74) is -0.836. The number of esters is 1. The molecule has 0 heterocycles. The molecule has 2 aliphatic rings. The van der Waals surface area contributed by atoms with E-state index in [0.717, 1.165) is 0 Å². The molecule has 1 atom stereocenters. The van der Waals surface area contributed by atoms with Gasteiger partial charge in [-0.15, -0.1) is 0 Å². The summed E-state index contributed by atoms with van der Waals surface area (Å²) in [6.07, 6.45) is 1.17. The minimum Gasteiger partial charge on any atom is -0.459 e. The summed E-state index contributed by atoms with van der Waals surface area (Å²) in [4.78, 5) is 23.5. The zero-order valence-corrected chi connectivity index (χ0v) is 12.8. The summed E-state index contributed by atoms with van der Waals surface area (Å²) in [5, 5.41) is 2.56. The minimum atomic E-state index is -2.58. The van der Waals surface area contributed by atoms with E-state index in [0.29, 0.717) is 19.3 Å². The highest BCUT2D eigenvalue weighted by atomic mass is 19.3. The van der Waals surface area contributed by atoms with Crippen LogP contribution in [-0.4, -0.2) is 29.9 Å². The van der Waals surface area contributed by atoms with Gasteiger partial charge in [0, 0.05) is 18.8 Å². The van der Waals surface area contributed by atoms with Gasteiger partial charge < -0.3 is 10.1 Å². The Morgan fingerprint density at radius 2 is 1.76 bits per heavy atom. The molecule has 1 unspecified atom stereocenters. The SMILES string of the molecule is CC(C)(C)OC(=O)CNC(=O)C1CC12CCC(F)(F)CC2.